The summed E-state index contributed by atoms with van der Waals surface area (Å²) < 4.78 is 27.4. The van der Waals surface area contributed by atoms with Gasteiger partial charge in [-0.05, 0) is 54.9 Å². The minimum Gasteiger partial charge on any atom is -0.300 e. The predicted molar refractivity (Wildman–Crippen MR) is 93.1 cm³/mol. The summed E-state index contributed by atoms with van der Waals surface area (Å²) in [6, 6.07) is 9.37. The molecule has 1 fully saturated rings. The van der Waals surface area contributed by atoms with Crippen LogP contribution >= 0.6 is 11.8 Å². The lowest BCUT2D eigenvalue weighted by molar-refractivity contribution is -0.115. The van der Waals surface area contributed by atoms with Crippen molar-refractivity contribution in [3.8, 4) is 0 Å². The highest BCUT2D eigenvalue weighted by Gasteiger charge is 2.25. The zero-order valence-corrected chi connectivity index (χ0v) is 13.9. The number of amides is 1. The fourth-order valence-corrected chi connectivity index (χ4v) is 3.15. The third-order valence-electron chi connectivity index (χ3n) is 3.58. The van der Waals surface area contributed by atoms with Gasteiger partial charge in [-0.25, -0.2) is 13.8 Å². The molecule has 24 heavy (non-hydrogen) atoms. The Labute approximate surface area is 142 Å². The van der Waals surface area contributed by atoms with Crippen LogP contribution in [0.1, 0.15) is 16.7 Å². The van der Waals surface area contributed by atoms with Crippen molar-refractivity contribution >= 4 is 34.6 Å². The highest BCUT2D eigenvalue weighted by molar-refractivity contribution is 8.18. The summed E-state index contributed by atoms with van der Waals surface area (Å²) in [6.07, 6.45) is 1.21. The first-order valence-electron chi connectivity index (χ1n) is 7.25. The number of nitrogens with one attached hydrogen (secondary N) is 1. The number of hydrogen-bond acceptors (Lipinski definition) is 3. The molecule has 0 aliphatic carbocycles. The fourth-order valence-electron chi connectivity index (χ4n) is 2.34. The molecule has 1 N–H and O–H groups in total. The number of hydrogen-bond donors (Lipinski definition) is 1. The van der Waals surface area contributed by atoms with Crippen molar-refractivity contribution in [1.82, 2.24) is 5.32 Å². The Morgan fingerprint density at radius 1 is 1.04 bits per heavy atom. The van der Waals surface area contributed by atoms with Crippen LogP contribution in [0, 0.1) is 25.5 Å². The lowest BCUT2D eigenvalue weighted by atomic mass is 10.1. The van der Waals surface area contributed by atoms with Crippen LogP contribution in [0.5, 0.6) is 0 Å². The van der Waals surface area contributed by atoms with E-state index in [4.69, 9.17) is 0 Å². The minimum absolute atomic E-state index is 0.198. The first-order valence-corrected chi connectivity index (χ1v) is 8.07. The van der Waals surface area contributed by atoms with Crippen molar-refractivity contribution < 1.29 is 13.6 Å². The Morgan fingerprint density at radius 3 is 2.25 bits per heavy atom. The fraction of sp³-hybridized carbons (Fsp3) is 0.111. The first kappa shape index (κ1) is 16.4. The molecule has 0 unspecified atom stereocenters. The van der Waals surface area contributed by atoms with E-state index in [-0.39, 0.29) is 10.5 Å². The van der Waals surface area contributed by atoms with E-state index in [9.17, 15) is 13.6 Å². The highest BCUT2D eigenvalue weighted by Crippen LogP contribution is 2.31. The average Bonchev–Trinajstić information content (AvgIpc) is 2.87. The summed E-state index contributed by atoms with van der Waals surface area (Å²) in [5.41, 5.74) is 2.51. The molecule has 1 heterocycles. The van der Waals surface area contributed by atoms with Gasteiger partial charge in [-0.1, -0.05) is 24.3 Å². The van der Waals surface area contributed by atoms with Gasteiger partial charge in [-0.3, -0.25) is 4.79 Å². The van der Waals surface area contributed by atoms with Crippen LogP contribution in [-0.4, -0.2) is 11.1 Å². The van der Waals surface area contributed by atoms with E-state index in [2.05, 4.69) is 10.3 Å². The zero-order chi connectivity index (χ0) is 17.3. The normalized spacial score (nSPS) is 17.6. The quantitative estimate of drug-likeness (QED) is 0.817. The standard InChI is InChI=1S/C18H14F2N2OS/c1-10-5-3-6-11(2)16(10)21-18-22-17(23)15(24-18)9-12-13(19)7-4-8-14(12)20/h3-9H,1-2H3,(H,21,22,23)/b15-9+. The summed E-state index contributed by atoms with van der Waals surface area (Å²) in [4.78, 5) is 16.7. The molecule has 1 amide bonds. The van der Waals surface area contributed by atoms with Gasteiger partial charge in [0.2, 0.25) is 0 Å². The minimum atomic E-state index is -0.712. The van der Waals surface area contributed by atoms with Gasteiger partial charge in [0.1, 0.15) is 11.6 Å². The summed E-state index contributed by atoms with van der Waals surface area (Å²) in [7, 11) is 0. The maximum Gasteiger partial charge on any atom is 0.264 e. The molecule has 0 atom stereocenters. The number of thioether (sulfide) groups is 1. The molecule has 2 aromatic rings. The van der Waals surface area contributed by atoms with Crippen molar-refractivity contribution in [3.05, 3.63) is 69.6 Å². The summed E-state index contributed by atoms with van der Waals surface area (Å²) in [5, 5.41) is 3.02. The van der Waals surface area contributed by atoms with Gasteiger partial charge >= 0.3 is 0 Å². The van der Waals surface area contributed by atoms with Crippen LogP contribution in [0.2, 0.25) is 0 Å². The molecule has 0 spiro atoms. The molecule has 3 nitrogen and oxygen atoms in total. The van der Waals surface area contributed by atoms with Gasteiger partial charge in [0.05, 0.1) is 10.6 Å². The van der Waals surface area contributed by atoms with Crippen LogP contribution in [-0.2, 0) is 4.79 Å². The average molecular weight is 344 g/mol. The number of halogens is 2. The van der Waals surface area contributed by atoms with Gasteiger partial charge < -0.3 is 5.32 Å². The van der Waals surface area contributed by atoms with Crippen LogP contribution in [0.25, 0.3) is 6.08 Å². The number of carbonyl (C=O) groups is 1. The molecule has 0 saturated carbocycles. The van der Waals surface area contributed by atoms with E-state index in [0.717, 1.165) is 40.7 Å². The SMILES string of the molecule is Cc1cccc(C)c1N=C1NC(=O)/C(=C\c2c(F)cccc2F)S1. The molecule has 1 aliphatic heterocycles. The number of amidine groups is 1. The molecular weight excluding hydrogens is 330 g/mol. The Kier molecular flexibility index (Phi) is 4.49. The van der Waals surface area contributed by atoms with Gasteiger partial charge in [0.15, 0.2) is 5.17 Å². The second kappa shape index (κ2) is 6.57. The topological polar surface area (TPSA) is 41.5 Å². The summed E-state index contributed by atoms with van der Waals surface area (Å²) in [5.74, 6) is -1.85. The van der Waals surface area contributed by atoms with Gasteiger partial charge in [-0.2, -0.15) is 0 Å². The number of benzene rings is 2. The van der Waals surface area contributed by atoms with Crippen molar-refractivity contribution in [2.24, 2.45) is 4.99 Å². The molecular formula is C18H14F2N2OS. The Balaban J connectivity index is 1.94. The highest BCUT2D eigenvalue weighted by atomic mass is 32.2. The van der Waals surface area contributed by atoms with Crippen LogP contribution < -0.4 is 5.32 Å². The Bertz CT molecular complexity index is 850. The number of carbonyl (C=O) groups excluding carboxylic acids is 1. The lowest BCUT2D eigenvalue weighted by Gasteiger charge is -2.04. The largest absolute Gasteiger partial charge is 0.300 e. The second-order valence-corrected chi connectivity index (χ2v) is 6.39. The van der Waals surface area contributed by atoms with Gasteiger partial charge in [0.25, 0.3) is 5.91 Å². The van der Waals surface area contributed by atoms with E-state index in [1.54, 1.807) is 0 Å². The lowest BCUT2D eigenvalue weighted by Crippen LogP contribution is -2.19. The molecule has 3 rings (SSSR count). The van der Waals surface area contributed by atoms with E-state index < -0.39 is 17.5 Å². The van der Waals surface area contributed by atoms with Crippen molar-refractivity contribution in [1.29, 1.82) is 0 Å². The summed E-state index contributed by atoms with van der Waals surface area (Å²) >= 11 is 1.06. The molecule has 2 aromatic carbocycles. The molecule has 1 aliphatic rings. The van der Waals surface area contributed by atoms with E-state index in [1.165, 1.54) is 12.1 Å². The van der Waals surface area contributed by atoms with E-state index in [0.29, 0.717) is 5.17 Å². The van der Waals surface area contributed by atoms with Crippen molar-refractivity contribution in [3.63, 3.8) is 0 Å². The molecule has 0 bridgehead atoms. The number of nitrogens with zero attached hydrogens (tertiary/aromatic N) is 1. The van der Waals surface area contributed by atoms with E-state index >= 15 is 0 Å². The van der Waals surface area contributed by atoms with Crippen LogP contribution in [0.3, 0.4) is 0 Å². The predicted octanol–water partition coefficient (Wildman–Crippen LogP) is 4.47. The maximum atomic E-state index is 13.7. The van der Waals surface area contributed by atoms with Crippen LogP contribution in [0.4, 0.5) is 14.5 Å². The smallest absolute Gasteiger partial charge is 0.264 e. The number of aliphatic imine (C=N–C) groups is 1. The third-order valence-corrected chi connectivity index (χ3v) is 4.49. The number of aryl methyl sites for hydroxylation is 2. The van der Waals surface area contributed by atoms with Gasteiger partial charge in [0, 0.05) is 5.56 Å². The molecule has 1 saturated heterocycles. The number of para-hydroxylation sites is 1. The van der Waals surface area contributed by atoms with Crippen molar-refractivity contribution in [2.45, 2.75) is 13.8 Å². The molecule has 0 aromatic heterocycles. The Hall–Kier alpha value is -2.47. The Morgan fingerprint density at radius 2 is 1.62 bits per heavy atom. The van der Waals surface area contributed by atoms with Gasteiger partial charge in [-0.15, -0.1) is 0 Å². The van der Waals surface area contributed by atoms with Crippen LogP contribution in [0.15, 0.2) is 46.3 Å². The first-order chi connectivity index (χ1) is 11.5. The third kappa shape index (κ3) is 3.23. The van der Waals surface area contributed by atoms with Crippen molar-refractivity contribution in [2.75, 3.05) is 0 Å². The zero-order valence-electron chi connectivity index (χ0n) is 13.1. The molecule has 0 radical (unpaired) electrons. The maximum absolute atomic E-state index is 13.7. The van der Waals surface area contributed by atoms with E-state index in [1.807, 2.05) is 32.0 Å². The second-order valence-electron chi connectivity index (χ2n) is 5.36. The monoisotopic (exact) mass is 344 g/mol. The summed E-state index contributed by atoms with van der Waals surface area (Å²) in [6.45, 7) is 3.86. The molecule has 6 heteroatoms. The molecule has 122 valence electrons. The number of rotatable bonds is 2.